The minimum atomic E-state index is -3.22. The lowest BCUT2D eigenvalue weighted by Crippen LogP contribution is -2.45. The Balaban J connectivity index is 2.77. The van der Waals surface area contributed by atoms with E-state index in [1.54, 1.807) is 25.1 Å². The Morgan fingerprint density at radius 2 is 1.67 bits per heavy atom. The number of hydrogen-bond acceptors (Lipinski definition) is 3. The average molecular weight is 293 g/mol. The van der Waals surface area contributed by atoms with Crippen LogP contribution < -0.4 is 0 Å². The summed E-state index contributed by atoms with van der Waals surface area (Å²) in [6.07, 6.45) is 3.11. The standard InChI is InChI=1S/C13H27NO2S2/c1-12(2,3)18(15,16)14(10-11-6-7-11)9-8-13(4,5)17/h11,17H,6-10H2,1-5H3. The van der Waals surface area contributed by atoms with Crippen molar-refractivity contribution in [1.82, 2.24) is 4.31 Å². The highest BCUT2D eigenvalue weighted by atomic mass is 32.2. The fraction of sp³-hybridized carbons (Fsp3) is 1.00. The van der Waals surface area contributed by atoms with E-state index in [1.807, 2.05) is 13.8 Å². The smallest absolute Gasteiger partial charge is 0.212 e. The highest BCUT2D eigenvalue weighted by Gasteiger charge is 2.38. The molecule has 0 aromatic heterocycles. The summed E-state index contributed by atoms with van der Waals surface area (Å²) >= 11 is 4.48. The third-order valence-corrected chi connectivity index (χ3v) is 6.03. The summed E-state index contributed by atoms with van der Waals surface area (Å²) in [5.74, 6) is 0.574. The van der Waals surface area contributed by atoms with E-state index in [9.17, 15) is 8.42 Å². The van der Waals surface area contributed by atoms with Gasteiger partial charge in [0.15, 0.2) is 0 Å². The van der Waals surface area contributed by atoms with Crippen molar-refractivity contribution in [3.63, 3.8) is 0 Å². The third-order valence-electron chi connectivity index (χ3n) is 3.25. The van der Waals surface area contributed by atoms with Crippen LogP contribution in [0.25, 0.3) is 0 Å². The fourth-order valence-corrected chi connectivity index (χ4v) is 3.30. The van der Waals surface area contributed by atoms with E-state index in [0.717, 1.165) is 6.42 Å². The molecule has 108 valence electrons. The maximum atomic E-state index is 12.5. The molecule has 0 heterocycles. The van der Waals surface area contributed by atoms with Crippen LogP contribution in [0, 0.1) is 5.92 Å². The van der Waals surface area contributed by atoms with E-state index in [-0.39, 0.29) is 4.75 Å². The van der Waals surface area contributed by atoms with Crippen LogP contribution >= 0.6 is 12.6 Å². The fourth-order valence-electron chi connectivity index (χ4n) is 1.68. The van der Waals surface area contributed by atoms with E-state index < -0.39 is 14.8 Å². The van der Waals surface area contributed by atoms with Crippen LogP contribution in [0.3, 0.4) is 0 Å². The van der Waals surface area contributed by atoms with E-state index in [2.05, 4.69) is 12.6 Å². The minimum absolute atomic E-state index is 0.130. The van der Waals surface area contributed by atoms with Gasteiger partial charge in [0, 0.05) is 17.8 Å². The molecule has 0 unspecified atom stereocenters. The molecule has 1 fully saturated rings. The summed E-state index contributed by atoms with van der Waals surface area (Å²) in [6.45, 7) is 10.6. The number of sulfonamides is 1. The van der Waals surface area contributed by atoms with E-state index in [1.165, 1.54) is 12.8 Å². The van der Waals surface area contributed by atoms with Crippen molar-refractivity contribution in [2.45, 2.75) is 63.4 Å². The van der Waals surface area contributed by atoms with Crippen molar-refractivity contribution in [1.29, 1.82) is 0 Å². The molecule has 0 bridgehead atoms. The Bertz CT molecular complexity index is 373. The van der Waals surface area contributed by atoms with Gasteiger partial charge in [0.25, 0.3) is 0 Å². The highest BCUT2D eigenvalue weighted by molar-refractivity contribution is 7.90. The number of rotatable bonds is 6. The molecule has 1 aliphatic rings. The first-order chi connectivity index (χ1) is 7.93. The Morgan fingerprint density at radius 1 is 1.17 bits per heavy atom. The van der Waals surface area contributed by atoms with Crippen LogP contribution in [0.15, 0.2) is 0 Å². The summed E-state index contributed by atoms with van der Waals surface area (Å²) in [5, 5.41) is 0. The second-order valence-electron chi connectivity index (χ2n) is 6.98. The average Bonchev–Trinajstić information content (AvgIpc) is 2.91. The van der Waals surface area contributed by atoms with Gasteiger partial charge < -0.3 is 0 Å². The molecular weight excluding hydrogens is 266 g/mol. The summed E-state index contributed by atoms with van der Waals surface area (Å²) in [6, 6.07) is 0. The molecule has 0 aromatic rings. The molecule has 0 spiro atoms. The SMILES string of the molecule is CC(C)(S)CCN(CC1CC1)S(=O)(=O)C(C)(C)C. The molecule has 1 aliphatic carbocycles. The lowest BCUT2D eigenvalue weighted by atomic mass is 10.1. The van der Waals surface area contributed by atoms with Gasteiger partial charge in [0.05, 0.1) is 4.75 Å². The third kappa shape index (κ3) is 4.74. The number of hydrogen-bond donors (Lipinski definition) is 1. The molecule has 0 amide bonds. The van der Waals surface area contributed by atoms with Crippen molar-refractivity contribution < 1.29 is 8.42 Å². The highest BCUT2D eigenvalue weighted by Crippen LogP contribution is 2.33. The predicted molar refractivity (Wildman–Crippen MR) is 80.7 cm³/mol. The van der Waals surface area contributed by atoms with Crippen molar-refractivity contribution in [3.05, 3.63) is 0 Å². The molecular formula is C13H27NO2S2. The first-order valence-corrected chi connectivity index (χ1v) is 8.54. The Hall–Kier alpha value is 0.260. The van der Waals surface area contributed by atoms with Gasteiger partial charge >= 0.3 is 0 Å². The lowest BCUT2D eigenvalue weighted by molar-refractivity contribution is 0.365. The summed E-state index contributed by atoms with van der Waals surface area (Å²) in [7, 11) is -3.22. The molecule has 0 saturated heterocycles. The minimum Gasteiger partial charge on any atom is -0.212 e. The molecule has 0 aliphatic heterocycles. The van der Waals surface area contributed by atoms with Gasteiger partial charge in [0.1, 0.15) is 0 Å². The van der Waals surface area contributed by atoms with Gasteiger partial charge in [-0.25, -0.2) is 12.7 Å². The van der Waals surface area contributed by atoms with E-state index in [4.69, 9.17) is 0 Å². The molecule has 3 nitrogen and oxygen atoms in total. The van der Waals surface area contributed by atoms with E-state index >= 15 is 0 Å². The largest absolute Gasteiger partial charge is 0.219 e. The maximum absolute atomic E-state index is 12.5. The molecule has 0 radical (unpaired) electrons. The zero-order chi connectivity index (χ0) is 14.2. The van der Waals surface area contributed by atoms with Crippen LogP contribution in [-0.4, -0.2) is 35.3 Å². The lowest BCUT2D eigenvalue weighted by Gasteiger charge is -2.31. The quantitative estimate of drug-likeness (QED) is 0.765. The summed E-state index contributed by atoms with van der Waals surface area (Å²) in [5.41, 5.74) is 0. The second kappa shape index (κ2) is 5.33. The molecule has 1 rings (SSSR count). The molecule has 18 heavy (non-hydrogen) atoms. The summed E-state index contributed by atoms with van der Waals surface area (Å²) in [4.78, 5) is 0. The van der Waals surface area contributed by atoms with Gasteiger partial charge in [-0.15, -0.1) is 0 Å². The zero-order valence-electron chi connectivity index (χ0n) is 12.2. The number of nitrogens with zero attached hydrogens (tertiary/aromatic N) is 1. The summed E-state index contributed by atoms with van der Waals surface area (Å²) < 4.78 is 25.9. The van der Waals surface area contributed by atoms with Crippen molar-refractivity contribution in [3.8, 4) is 0 Å². The predicted octanol–water partition coefficient (Wildman–Crippen LogP) is 2.93. The normalized spacial score (nSPS) is 18.4. The van der Waals surface area contributed by atoms with Gasteiger partial charge in [0.2, 0.25) is 10.0 Å². The topological polar surface area (TPSA) is 37.4 Å². The van der Waals surface area contributed by atoms with Crippen LogP contribution in [0.5, 0.6) is 0 Å². The van der Waals surface area contributed by atoms with Gasteiger partial charge in [-0.3, -0.25) is 0 Å². The molecule has 0 atom stereocenters. The zero-order valence-corrected chi connectivity index (χ0v) is 13.9. The Labute approximate surface area is 118 Å². The number of thiol groups is 1. The maximum Gasteiger partial charge on any atom is 0.219 e. The first-order valence-electron chi connectivity index (χ1n) is 6.65. The van der Waals surface area contributed by atoms with Crippen LogP contribution in [0.2, 0.25) is 0 Å². The Kier molecular flexibility index (Phi) is 4.83. The van der Waals surface area contributed by atoms with Crippen molar-refractivity contribution >= 4 is 22.7 Å². The van der Waals surface area contributed by atoms with Gasteiger partial charge in [-0.2, -0.15) is 12.6 Å². The van der Waals surface area contributed by atoms with Crippen LogP contribution in [-0.2, 0) is 10.0 Å². The van der Waals surface area contributed by atoms with Crippen LogP contribution in [0.1, 0.15) is 53.9 Å². The molecule has 5 heteroatoms. The molecule has 0 N–H and O–H groups in total. The van der Waals surface area contributed by atoms with E-state index in [0.29, 0.717) is 19.0 Å². The van der Waals surface area contributed by atoms with Gasteiger partial charge in [-0.05, 0) is 46.0 Å². The monoisotopic (exact) mass is 293 g/mol. The first kappa shape index (κ1) is 16.3. The van der Waals surface area contributed by atoms with Crippen LogP contribution in [0.4, 0.5) is 0 Å². The Morgan fingerprint density at radius 3 is 2.00 bits per heavy atom. The van der Waals surface area contributed by atoms with Crippen molar-refractivity contribution in [2.75, 3.05) is 13.1 Å². The second-order valence-corrected chi connectivity index (χ2v) is 10.9. The van der Waals surface area contributed by atoms with Gasteiger partial charge in [-0.1, -0.05) is 13.8 Å². The molecule has 0 aromatic carbocycles. The molecule has 1 saturated carbocycles. The van der Waals surface area contributed by atoms with Crippen molar-refractivity contribution in [2.24, 2.45) is 5.92 Å².